The number of fused-ring (bicyclic) bond motifs is 12. The molecule has 1 heteroatoms. The zero-order valence-electron chi connectivity index (χ0n) is 31.6. The minimum atomic E-state index is -0.202. The van der Waals surface area contributed by atoms with Crippen LogP contribution in [0.5, 0.6) is 11.5 Å². The monoisotopic (exact) mass is 704 g/mol. The minimum absolute atomic E-state index is 0.163. The Morgan fingerprint density at radius 1 is 0.327 bits per heavy atom. The Labute approximate surface area is 321 Å². The Morgan fingerprint density at radius 2 is 0.709 bits per heavy atom. The van der Waals surface area contributed by atoms with Crippen molar-refractivity contribution in [3.05, 3.63) is 181 Å². The van der Waals surface area contributed by atoms with Gasteiger partial charge in [0, 0.05) is 27.5 Å². The first kappa shape index (κ1) is 32.0. The molecule has 0 radical (unpaired) electrons. The molecule has 1 aliphatic heterocycles. The van der Waals surface area contributed by atoms with Crippen molar-refractivity contribution >= 4 is 64.6 Å². The summed E-state index contributed by atoms with van der Waals surface area (Å²) in [7, 11) is 0. The van der Waals surface area contributed by atoms with E-state index in [2.05, 4.69) is 198 Å². The van der Waals surface area contributed by atoms with Crippen molar-refractivity contribution in [2.75, 3.05) is 0 Å². The van der Waals surface area contributed by atoms with E-state index in [1.54, 1.807) is 0 Å². The molecule has 3 aliphatic rings. The Morgan fingerprint density at radius 3 is 1.25 bits per heavy atom. The van der Waals surface area contributed by atoms with E-state index >= 15 is 0 Å². The van der Waals surface area contributed by atoms with Gasteiger partial charge in [-0.15, -0.1) is 0 Å². The SMILES string of the molecule is CC1(C)c2ccccc2Oc2c(-c3ccc4c(c3)c3cccc5c3-c3c(cccc3c3ccccc34)c3ccccc3c3ccccc53)cccc2C1(C)C. The highest BCUT2D eigenvalue weighted by molar-refractivity contribution is 6.31. The van der Waals surface area contributed by atoms with Gasteiger partial charge in [0.05, 0.1) is 0 Å². The van der Waals surface area contributed by atoms with Crippen LogP contribution in [-0.2, 0) is 10.8 Å². The molecule has 8 aromatic rings. The Hall–Kier alpha value is -6.44. The molecule has 0 spiro atoms. The van der Waals surface area contributed by atoms with Crippen LogP contribution < -0.4 is 4.74 Å². The maximum absolute atomic E-state index is 7.07. The Balaban J connectivity index is 1.34. The van der Waals surface area contributed by atoms with Gasteiger partial charge in [0.25, 0.3) is 0 Å². The molecule has 55 heavy (non-hydrogen) atoms. The van der Waals surface area contributed by atoms with E-state index in [4.69, 9.17) is 4.74 Å². The summed E-state index contributed by atoms with van der Waals surface area (Å²) in [6.45, 7) is 9.44. The fourth-order valence-electron chi connectivity index (χ4n) is 9.79. The smallest absolute Gasteiger partial charge is 0.139 e. The second-order valence-corrected chi connectivity index (χ2v) is 16.4. The fourth-order valence-corrected chi connectivity index (χ4v) is 9.79. The van der Waals surface area contributed by atoms with Gasteiger partial charge < -0.3 is 4.74 Å². The predicted octanol–water partition coefficient (Wildman–Crippen LogP) is 15.3. The average molecular weight is 705 g/mol. The van der Waals surface area contributed by atoms with Gasteiger partial charge in [0.1, 0.15) is 11.5 Å². The molecule has 0 saturated heterocycles. The molecule has 0 saturated carbocycles. The first-order valence-corrected chi connectivity index (χ1v) is 19.4. The average Bonchev–Trinajstić information content (AvgIpc) is 3.28. The van der Waals surface area contributed by atoms with Crippen molar-refractivity contribution in [2.45, 2.75) is 38.5 Å². The molecule has 0 bridgehead atoms. The van der Waals surface area contributed by atoms with E-state index in [0.29, 0.717) is 0 Å². The highest BCUT2D eigenvalue weighted by Crippen LogP contribution is 2.55. The lowest BCUT2D eigenvalue weighted by Gasteiger charge is -2.41. The van der Waals surface area contributed by atoms with Crippen LogP contribution in [-0.4, -0.2) is 0 Å². The van der Waals surface area contributed by atoms with Gasteiger partial charge in [-0.25, -0.2) is 0 Å². The predicted molar refractivity (Wildman–Crippen MR) is 235 cm³/mol. The molecule has 1 nitrogen and oxygen atoms in total. The van der Waals surface area contributed by atoms with Gasteiger partial charge in [-0.05, 0) is 93.5 Å². The number of benzene rings is 8. The van der Waals surface area contributed by atoms with Crippen LogP contribution in [0, 0.1) is 0 Å². The van der Waals surface area contributed by atoms with Gasteiger partial charge in [-0.3, -0.25) is 0 Å². The molecule has 0 fully saturated rings. The number of ether oxygens (including phenoxy) is 1. The van der Waals surface area contributed by atoms with Crippen molar-refractivity contribution in [3.8, 4) is 33.8 Å². The molecule has 2 aliphatic carbocycles. The van der Waals surface area contributed by atoms with Gasteiger partial charge in [0.2, 0.25) is 0 Å². The Bertz CT molecular complexity index is 3230. The maximum Gasteiger partial charge on any atom is 0.139 e. The van der Waals surface area contributed by atoms with E-state index in [0.717, 1.165) is 22.6 Å². The molecule has 0 unspecified atom stereocenters. The summed E-state index contributed by atoms with van der Waals surface area (Å²) in [4.78, 5) is 0. The third-order valence-electron chi connectivity index (χ3n) is 13.3. The Kier molecular flexibility index (Phi) is 6.72. The maximum atomic E-state index is 7.07. The third-order valence-corrected chi connectivity index (χ3v) is 13.3. The second-order valence-electron chi connectivity index (χ2n) is 16.4. The van der Waals surface area contributed by atoms with E-state index in [1.807, 2.05) is 0 Å². The lowest BCUT2D eigenvalue weighted by Crippen LogP contribution is -2.39. The zero-order valence-corrected chi connectivity index (χ0v) is 31.6. The number of rotatable bonds is 1. The highest BCUT2D eigenvalue weighted by Gasteiger charge is 2.45. The largest absolute Gasteiger partial charge is 0.456 e. The summed E-state index contributed by atoms with van der Waals surface area (Å²) in [6, 6.07) is 63.1. The van der Waals surface area contributed by atoms with Crippen molar-refractivity contribution in [3.63, 3.8) is 0 Å². The minimum Gasteiger partial charge on any atom is -0.456 e. The van der Waals surface area contributed by atoms with Crippen LogP contribution in [0.1, 0.15) is 38.8 Å². The molecule has 0 aromatic heterocycles. The van der Waals surface area contributed by atoms with Crippen LogP contribution in [0.4, 0.5) is 0 Å². The molecule has 262 valence electrons. The van der Waals surface area contributed by atoms with Crippen LogP contribution in [0.3, 0.4) is 0 Å². The standard InChI is InChI=1S/C54H40O/c1-53(2)47-27-11-12-29-49(47)55-52-34(22-15-28-48(52)54(53,3)4)33-30-31-41-37-18-7-10-21-40(37)43-24-13-23-42-38-19-8-5-16-35(38)36-17-6-9-20-39(36)44-25-14-26-45(46(41)32-33)51(44)50(42)43/h5-32H,1-4H3. The molecular weight excluding hydrogens is 665 g/mol. The summed E-state index contributed by atoms with van der Waals surface area (Å²) < 4.78 is 7.07. The van der Waals surface area contributed by atoms with E-state index in [9.17, 15) is 0 Å². The first-order chi connectivity index (χ1) is 26.8. The van der Waals surface area contributed by atoms with Crippen LogP contribution in [0.2, 0.25) is 0 Å². The number of hydrogen-bond acceptors (Lipinski definition) is 1. The molecule has 1 heterocycles. The zero-order chi connectivity index (χ0) is 37.1. The van der Waals surface area contributed by atoms with Gasteiger partial charge in [-0.1, -0.05) is 185 Å². The van der Waals surface area contributed by atoms with Crippen LogP contribution in [0.25, 0.3) is 86.9 Å². The molecule has 0 atom stereocenters. The summed E-state index contributed by atoms with van der Waals surface area (Å²) in [6.07, 6.45) is 0. The van der Waals surface area contributed by atoms with Crippen molar-refractivity contribution in [1.82, 2.24) is 0 Å². The van der Waals surface area contributed by atoms with Gasteiger partial charge in [-0.2, -0.15) is 0 Å². The van der Waals surface area contributed by atoms with E-state index in [1.165, 1.54) is 86.9 Å². The fraction of sp³-hybridized carbons (Fsp3) is 0.111. The van der Waals surface area contributed by atoms with Crippen molar-refractivity contribution in [2.24, 2.45) is 0 Å². The lowest BCUT2D eigenvalue weighted by atomic mass is 9.61. The summed E-state index contributed by atoms with van der Waals surface area (Å²) in [5.41, 5.74) is 6.91. The van der Waals surface area contributed by atoms with Crippen LogP contribution in [0.15, 0.2) is 170 Å². The van der Waals surface area contributed by atoms with Crippen LogP contribution >= 0.6 is 0 Å². The second kappa shape index (κ2) is 11.5. The van der Waals surface area contributed by atoms with E-state index < -0.39 is 0 Å². The van der Waals surface area contributed by atoms with E-state index in [-0.39, 0.29) is 10.8 Å². The molecule has 11 rings (SSSR count). The van der Waals surface area contributed by atoms with Gasteiger partial charge >= 0.3 is 0 Å². The van der Waals surface area contributed by atoms with Crippen molar-refractivity contribution < 1.29 is 4.74 Å². The third kappa shape index (κ3) is 4.41. The summed E-state index contributed by atoms with van der Waals surface area (Å²) in [5, 5.41) is 15.0. The highest BCUT2D eigenvalue weighted by atomic mass is 16.5. The summed E-state index contributed by atoms with van der Waals surface area (Å²) in [5.74, 6) is 1.87. The lowest BCUT2D eigenvalue weighted by molar-refractivity contribution is 0.306. The normalized spacial score (nSPS) is 14.6. The topological polar surface area (TPSA) is 9.23 Å². The number of hydrogen-bond donors (Lipinski definition) is 0. The quantitative estimate of drug-likeness (QED) is 0.165. The molecular formula is C54H40O. The molecule has 0 amide bonds. The summed E-state index contributed by atoms with van der Waals surface area (Å²) >= 11 is 0. The molecule has 8 aromatic carbocycles. The first-order valence-electron chi connectivity index (χ1n) is 19.4. The van der Waals surface area contributed by atoms with Gasteiger partial charge in [0.15, 0.2) is 0 Å². The number of para-hydroxylation sites is 2. The van der Waals surface area contributed by atoms with Crippen molar-refractivity contribution in [1.29, 1.82) is 0 Å². The molecule has 0 N–H and O–H groups in total.